The number of hydrogen-bond donors (Lipinski definition) is 0. The van der Waals surface area contributed by atoms with Crippen LogP contribution in [0.15, 0.2) is 24.3 Å². The van der Waals surface area contributed by atoms with Crippen molar-refractivity contribution in [3.8, 4) is 11.3 Å². The molecular formula is C16H20FN3OS. The van der Waals surface area contributed by atoms with E-state index in [2.05, 4.69) is 23.8 Å². The van der Waals surface area contributed by atoms with Crippen LogP contribution in [0, 0.1) is 12.7 Å². The van der Waals surface area contributed by atoms with Gasteiger partial charge in [0.05, 0.1) is 11.4 Å². The molecule has 1 heterocycles. The summed E-state index contributed by atoms with van der Waals surface area (Å²) in [7, 11) is 0.484. The number of halogens is 1. The molecule has 0 aliphatic carbocycles. The van der Waals surface area contributed by atoms with Crippen LogP contribution >= 0.6 is 0 Å². The summed E-state index contributed by atoms with van der Waals surface area (Å²) in [6.07, 6.45) is 1.58. The monoisotopic (exact) mass is 321 g/mol. The second-order valence-corrected chi connectivity index (χ2v) is 6.86. The minimum atomic E-state index is -1.21. The molecule has 0 amide bonds. The Morgan fingerprint density at radius 3 is 2.27 bits per heavy atom. The average Bonchev–Trinajstić information content (AvgIpc) is 2.47. The van der Waals surface area contributed by atoms with Gasteiger partial charge in [-0.05, 0) is 42.7 Å². The lowest BCUT2D eigenvalue weighted by Gasteiger charge is -2.19. The molecule has 118 valence electrons. The maximum atomic E-state index is 13.1. The fourth-order valence-corrected chi connectivity index (χ4v) is 2.54. The minimum absolute atomic E-state index is 0.208. The summed E-state index contributed by atoms with van der Waals surface area (Å²) in [6.45, 7) is 6.06. The van der Waals surface area contributed by atoms with E-state index in [1.54, 1.807) is 25.4 Å². The van der Waals surface area contributed by atoms with Gasteiger partial charge in [-0.15, -0.1) is 0 Å². The second-order valence-electron chi connectivity index (χ2n) is 5.47. The van der Waals surface area contributed by atoms with E-state index in [9.17, 15) is 8.60 Å². The normalized spacial score (nSPS) is 12.5. The van der Waals surface area contributed by atoms with E-state index in [-0.39, 0.29) is 11.7 Å². The number of rotatable bonds is 4. The Morgan fingerprint density at radius 1 is 1.18 bits per heavy atom. The summed E-state index contributed by atoms with van der Waals surface area (Å²) < 4.78 is 26.4. The van der Waals surface area contributed by atoms with E-state index in [1.165, 1.54) is 16.4 Å². The van der Waals surface area contributed by atoms with E-state index < -0.39 is 11.0 Å². The van der Waals surface area contributed by atoms with E-state index >= 15 is 0 Å². The van der Waals surface area contributed by atoms with Crippen LogP contribution < -0.4 is 4.31 Å². The summed E-state index contributed by atoms with van der Waals surface area (Å²) in [5, 5.41) is 0. The number of hydrogen-bond acceptors (Lipinski definition) is 3. The lowest BCUT2D eigenvalue weighted by Crippen LogP contribution is -2.22. The van der Waals surface area contributed by atoms with Crippen LogP contribution in [0.3, 0.4) is 0 Å². The third kappa shape index (κ3) is 3.32. The predicted octanol–water partition coefficient (Wildman–Crippen LogP) is 3.44. The molecule has 0 radical (unpaired) electrons. The first-order valence-corrected chi connectivity index (χ1v) is 8.54. The molecule has 2 rings (SSSR count). The van der Waals surface area contributed by atoms with Crippen LogP contribution in [0.25, 0.3) is 11.3 Å². The first-order chi connectivity index (χ1) is 10.3. The smallest absolute Gasteiger partial charge is 0.237 e. The standard InChI is InChI=1S/C16H20FN3OS/c1-10(2)14-11(3)15(12-6-8-13(17)9-7-12)19-16(18-14)20(4)22(5)21/h6-10H,1-5H3. The molecule has 0 fully saturated rings. The zero-order valence-corrected chi connectivity index (χ0v) is 14.2. The van der Waals surface area contributed by atoms with Gasteiger partial charge < -0.3 is 0 Å². The van der Waals surface area contributed by atoms with E-state index in [0.29, 0.717) is 5.95 Å². The number of anilines is 1. The molecule has 0 bridgehead atoms. The van der Waals surface area contributed by atoms with Crippen LogP contribution in [-0.4, -0.2) is 27.5 Å². The largest absolute Gasteiger partial charge is 0.263 e. The van der Waals surface area contributed by atoms with Gasteiger partial charge in [-0.3, -0.25) is 4.31 Å². The van der Waals surface area contributed by atoms with Gasteiger partial charge >= 0.3 is 0 Å². The SMILES string of the molecule is Cc1c(-c2ccc(F)cc2)nc(N(C)S(C)=O)nc1C(C)C. The molecule has 1 atom stereocenters. The zero-order chi connectivity index (χ0) is 16.4. The first kappa shape index (κ1) is 16.5. The Balaban J connectivity index is 2.66. The Labute approximate surface area is 133 Å². The van der Waals surface area contributed by atoms with E-state index in [4.69, 9.17) is 0 Å². The van der Waals surface area contributed by atoms with Gasteiger partial charge in [0.2, 0.25) is 5.95 Å². The van der Waals surface area contributed by atoms with Gasteiger partial charge in [0.15, 0.2) is 0 Å². The molecule has 0 aliphatic heterocycles. The van der Waals surface area contributed by atoms with Crippen molar-refractivity contribution in [1.29, 1.82) is 0 Å². The quantitative estimate of drug-likeness (QED) is 0.866. The Hall–Kier alpha value is -1.82. The van der Waals surface area contributed by atoms with Crippen LogP contribution in [0.5, 0.6) is 0 Å². The van der Waals surface area contributed by atoms with Crippen LogP contribution in [0.2, 0.25) is 0 Å². The van der Waals surface area contributed by atoms with Gasteiger partial charge in [-0.1, -0.05) is 13.8 Å². The molecule has 6 heteroatoms. The topological polar surface area (TPSA) is 46.1 Å². The molecule has 0 saturated heterocycles. The highest BCUT2D eigenvalue weighted by Gasteiger charge is 2.18. The van der Waals surface area contributed by atoms with Gasteiger partial charge in [0, 0.05) is 18.9 Å². The van der Waals surface area contributed by atoms with Crippen molar-refractivity contribution in [3.63, 3.8) is 0 Å². The molecule has 1 unspecified atom stereocenters. The van der Waals surface area contributed by atoms with Crippen molar-refractivity contribution >= 4 is 16.9 Å². The van der Waals surface area contributed by atoms with Gasteiger partial charge in [-0.2, -0.15) is 0 Å². The summed E-state index contributed by atoms with van der Waals surface area (Å²) in [4.78, 5) is 9.08. The Bertz CT molecular complexity index is 701. The fraction of sp³-hybridized carbons (Fsp3) is 0.375. The lowest BCUT2D eigenvalue weighted by molar-refractivity contribution is 0.628. The maximum absolute atomic E-state index is 13.1. The highest BCUT2D eigenvalue weighted by Crippen LogP contribution is 2.29. The van der Waals surface area contributed by atoms with Crippen molar-refractivity contribution in [3.05, 3.63) is 41.3 Å². The number of aromatic nitrogens is 2. The Kier molecular flexibility index (Phi) is 4.90. The van der Waals surface area contributed by atoms with Crippen molar-refractivity contribution in [2.24, 2.45) is 0 Å². The highest BCUT2D eigenvalue weighted by molar-refractivity contribution is 7.85. The molecule has 0 saturated carbocycles. The van der Waals surface area contributed by atoms with Crippen molar-refractivity contribution in [2.45, 2.75) is 26.7 Å². The summed E-state index contributed by atoms with van der Waals surface area (Å²) in [6, 6.07) is 6.21. The molecule has 0 aliphatic rings. The summed E-state index contributed by atoms with van der Waals surface area (Å²) in [5.74, 6) is 0.334. The zero-order valence-electron chi connectivity index (χ0n) is 13.4. The first-order valence-electron chi connectivity index (χ1n) is 7.03. The molecule has 2 aromatic rings. The number of nitrogens with zero attached hydrogens (tertiary/aromatic N) is 3. The molecule has 1 aromatic heterocycles. The molecule has 1 aromatic carbocycles. The van der Waals surface area contributed by atoms with E-state index in [1.807, 2.05) is 6.92 Å². The summed E-state index contributed by atoms with van der Waals surface area (Å²) >= 11 is 0. The highest BCUT2D eigenvalue weighted by atomic mass is 32.2. The summed E-state index contributed by atoms with van der Waals surface area (Å²) in [5.41, 5.74) is 3.42. The third-order valence-electron chi connectivity index (χ3n) is 3.50. The van der Waals surface area contributed by atoms with Crippen molar-refractivity contribution in [1.82, 2.24) is 9.97 Å². The van der Waals surface area contributed by atoms with Crippen molar-refractivity contribution in [2.75, 3.05) is 17.6 Å². The van der Waals surface area contributed by atoms with Gasteiger partial charge in [0.1, 0.15) is 16.8 Å². The van der Waals surface area contributed by atoms with Crippen LogP contribution in [0.1, 0.15) is 31.0 Å². The third-order valence-corrected chi connectivity index (χ3v) is 4.44. The van der Waals surface area contributed by atoms with Crippen LogP contribution in [0.4, 0.5) is 10.3 Å². The Morgan fingerprint density at radius 2 is 1.77 bits per heavy atom. The van der Waals surface area contributed by atoms with Gasteiger partial charge in [-0.25, -0.2) is 18.6 Å². The van der Waals surface area contributed by atoms with Gasteiger partial charge in [0.25, 0.3) is 0 Å². The van der Waals surface area contributed by atoms with E-state index in [0.717, 1.165) is 22.5 Å². The van der Waals surface area contributed by atoms with Crippen molar-refractivity contribution < 1.29 is 8.60 Å². The average molecular weight is 321 g/mol. The molecule has 22 heavy (non-hydrogen) atoms. The maximum Gasteiger partial charge on any atom is 0.237 e. The minimum Gasteiger partial charge on any atom is -0.263 e. The predicted molar refractivity (Wildman–Crippen MR) is 88.7 cm³/mol. The second kappa shape index (κ2) is 6.52. The van der Waals surface area contributed by atoms with Crippen LogP contribution in [-0.2, 0) is 11.0 Å². The molecule has 4 nitrogen and oxygen atoms in total. The molecule has 0 spiro atoms. The fourth-order valence-electron chi connectivity index (χ4n) is 2.23. The molecule has 0 N–H and O–H groups in total. The number of benzene rings is 1. The lowest BCUT2D eigenvalue weighted by atomic mass is 10.00. The molecular weight excluding hydrogens is 301 g/mol.